The van der Waals surface area contributed by atoms with E-state index in [1.54, 1.807) is 0 Å². The van der Waals surface area contributed by atoms with Crippen LogP contribution in [0.1, 0.15) is 0 Å². The highest BCUT2D eigenvalue weighted by Crippen LogP contribution is 2.20. The number of hydrogen-bond acceptors (Lipinski definition) is 4. The van der Waals surface area contributed by atoms with E-state index < -0.39 is 0 Å². The van der Waals surface area contributed by atoms with Crippen LogP contribution in [0.15, 0.2) is 0 Å². The van der Waals surface area contributed by atoms with E-state index in [-0.39, 0.29) is 17.0 Å². The minimum Gasteiger partial charge on any atom is -0.264 e. The lowest BCUT2D eigenvalue weighted by molar-refractivity contribution is -0.194. The molecule has 0 aromatic rings. The fraction of sp³-hybridized carbons (Fsp3) is 1.00. The van der Waals surface area contributed by atoms with E-state index in [4.69, 9.17) is 0 Å². The quantitative estimate of drug-likeness (QED) is 0.627. The zero-order valence-corrected chi connectivity index (χ0v) is 12.1. The second kappa shape index (κ2) is 5.39. The lowest BCUT2D eigenvalue weighted by Gasteiger charge is -2.56. The molecule has 4 bridgehead atoms. The van der Waals surface area contributed by atoms with Crippen molar-refractivity contribution in [3.05, 3.63) is 0 Å². The molecule has 4 fully saturated rings. The highest BCUT2D eigenvalue weighted by Gasteiger charge is 2.36. The minimum absolute atomic E-state index is 0. The molecule has 0 N–H and O–H groups in total. The molecule has 7 heteroatoms. The molecule has 0 saturated carbocycles. The molecule has 78 valence electrons. The maximum Gasteiger partial charge on any atom is 0.0555 e. The average Bonchev–Trinajstić information content (AvgIpc) is 2.05. The number of halogens is 3. The summed E-state index contributed by atoms with van der Waals surface area (Å²) in [6, 6.07) is 0. The lowest BCUT2D eigenvalue weighted by Crippen LogP contribution is -2.71. The van der Waals surface area contributed by atoms with Gasteiger partial charge in [-0.2, -0.15) is 0 Å². The predicted molar refractivity (Wildman–Crippen MR) is 64.7 cm³/mol. The number of rotatable bonds is 0. The maximum atomic E-state index is 2.75. The van der Waals surface area contributed by atoms with Gasteiger partial charge < -0.3 is 0 Å². The molecule has 0 aliphatic carbocycles. The Hall–Kier alpha value is 1.28. The van der Waals surface area contributed by atoms with Gasteiger partial charge >= 0.3 is 0 Å². The molecule has 4 heterocycles. The molecule has 4 aliphatic heterocycles. The van der Waals surface area contributed by atoms with Crippen molar-refractivity contribution in [3.8, 4) is 0 Å². The molecule has 4 nitrogen and oxygen atoms in total. The van der Waals surface area contributed by atoms with E-state index in [1.165, 1.54) is 40.0 Å². The summed E-state index contributed by atoms with van der Waals surface area (Å²) in [6.45, 7) is 7.12. The molecule has 4 rings (SSSR count). The van der Waals surface area contributed by atoms with E-state index in [1.807, 2.05) is 0 Å². The van der Waals surface area contributed by atoms with Crippen LogP contribution < -0.4 is 0 Å². The van der Waals surface area contributed by atoms with Crippen molar-refractivity contribution in [2.75, 3.05) is 40.0 Å². The Kier molecular flexibility index (Phi) is 5.12. The molecule has 0 radical (unpaired) electrons. The van der Waals surface area contributed by atoms with Crippen LogP contribution in [0.5, 0.6) is 0 Å². The van der Waals surface area contributed by atoms with Gasteiger partial charge in [-0.05, 0) is 0 Å². The van der Waals surface area contributed by atoms with Crippen molar-refractivity contribution < 1.29 is 0 Å². The Bertz CT molecular complexity index is 111. The van der Waals surface area contributed by atoms with E-state index >= 15 is 0 Å². The molecule has 0 aromatic carbocycles. The highest BCUT2D eigenvalue weighted by atomic mass is 80.9. The fourth-order valence-corrected chi connectivity index (χ4v) is 2.23. The molecule has 0 amide bonds. The van der Waals surface area contributed by atoms with Crippen LogP contribution in [0.25, 0.3) is 0 Å². The van der Waals surface area contributed by atoms with Crippen molar-refractivity contribution in [2.24, 2.45) is 0 Å². The molecule has 0 atom stereocenters. The van der Waals surface area contributed by atoms with E-state index in [0.29, 0.717) is 0 Å². The second-order valence-corrected chi connectivity index (χ2v) is 3.53. The Morgan fingerprint density at radius 2 is 0.692 bits per heavy atom. The summed E-state index contributed by atoms with van der Waals surface area (Å²) >= 11 is 5.50. The molecule has 0 aromatic heterocycles. The SMILES string of the molecule is Br.BrBr.C1N2CN3CN1CN(C2)C3. The standard InChI is InChI=1S/C6H12N4.Br2.BrH/c1-7-2-9-4-8(1)5-10(3-7)6-9;1-2;/h1-6H2;;1H. The zero-order valence-electron chi connectivity index (χ0n) is 7.20. The molecule has 0 spiro atoms. The van der Waals surface area contributed by atoms with Crippen LogP contribution in [-0.2, 0) is 0 Å². The van der Waals surface area contributed by atoms with Gasteiger partial charge in [-0.15, -0.1) is 17.0 Å². The van der Waals surface area contributed by atoms with Gasteiger partial charge in [0.05, 0.1) is 40.0 Å². The van der Waals surface area contributed by atoms with E-state index in [2.05, 4.69) is 47.9 Å². The van der Waals surface area contributed by atoms with Crippen molar-refractivity contribution >= 4 is 45.2 Å². The third-order valence-electron chi connectivity index (χ3n) is 2.40. The van der Waals surface area contributed by atoms with Gasteiger partial charge in [-0.25, -0.2) is 0 Å². The smallest absolute Gasteiger partial charge is 0.0555 e. The van der Waals surface area contributed by atoms with Gasteiger partial charge in [0.2, 0.25) is 0 Å². The summed E-state index contributed by atoms with van der Waals surface area (Å²) in [5.74, 6) is 0. The van der Waals surface area contributed by atoms with Crippen molar-refractivity contribution in [2.45, 2.75) is 0 Å². The molecule has 4 aliphatic rings. The van der Waals surface area contributed by atoms with Crippen molar-refractivity contribution in [3.63, 3.8) is 0 Å². The van der Waals surface area contributed by atoms with Gasteiger partial charge in [0, 0.05) is 28.3 Å². The molecule has 0 unspecified atom stereocenters. The summed E-state index contributed by atoms with van der Waals surface area (Å²) in [5, 5.41) is 0. The maximum absolute atomic E-state index is 2.75. The normalized spacial score (nSPS) is 44.8. The Labute approximate surface area is 104 Å². The van der Waals surface area contributed by atoms with Gasteiger partial charge in [0.25, 0.3) is 0 Å². The van der Waals surface area contributed by atoms with Crippen molar-refractivity contribution in [1.29, 1.82) is 0 Å². The van der Waals surface area contributed by atoms with Crippen molar-refractivity contribution in [1.82, 2.24) is 19.6 Å². The number of hydrogen-bond donors (Lipinski definition) is 0. The second-order valence-electron chi connectivity index (χ2n) is 3.53. The van der Waals surface area contributed by atoms with E-state index in [9.17, 15) is 0 Å². The summed E-state index contributed by atoms with van der Waals surface area (Å²) in [7, 11) is 0. The first-order valence-electron chi connectivity index (χ1n) is 3.94. The minimum atomic E-state index is 0. The van der Waals surface area contributed by atoms with Crippen LogP contribution >= 0.6 is 45.2 Å². The molecular weight excluding hydrogens is 368 g/mol. The summed E-state index contributed by atoms with van der Waals surface area (Å²) in [5.41, 5.74) is 0. The fourth-order valence-electron chi connectivity index (χ4n) is 2.23. The van der Waals surface area contributed by atoms with Gasteiger partial charge in [-0.1, -0.05) is 0 Å². The monoisotopic (exact) mass is 378 g/mol. The van der Waals surface area contributed by atoms with Gasteiger partial charge in [-0.3, -0.25) is 19.6 Å². The highest BCUT2D eigenvalue weighted by molar-refractivity contribution is 9.93. The Morgan fingerprint density at radius 3 is 0.846 bits per heavy atom. The van der Waals surface area contributed by atoms with Crippen LogP contribution in [-0.4, -0.2) is 59.6 Å². The molecule has 4 saturated heterocycles. The van der Waals surface area contributed by atoms with Gasteiger partial charge in [0.15, 0.2) is 0 Å². The van der Waals surface area contributed by atoms with E-state index in [0.717, 1.165) is 0 Å². The van der Waals surface area contributed by atoms with Crippen LogP contribution in [0.4, 0.5) is 0 Å². The zero-order chi connectivity index (χ0) is 8.55. The summed E-state index contributed by atoms with van der Waals surface area (Å²) < 4.78 is 0. The lowest BCUT2D eigenvalue weighted by atomic mass is 10.4. The first-order chi connectivity index (χ1) is 5.90. The van der Waals surface area contributed by atoms with Crippen LogP contribution in [0.3, 0.4) is 0 Å². The molecule has 13 heavy (non-hydrogen) atoms. The third-order valence-corrected chi connectivity index (χ3v) is 2.40. The summed E-state index contributed by atoms with van der Waals surface area (Å²) in [6.07, 6.45) is 0. The summed E-state index contributed by atoms with van der Waals surface area (Å²) in [4.78, 5) is 9.88. The van der Waals surface area contributed by atoms with Gasteiger partial charge in [0.1, 0.15) is 0 Å². The Balaban J connectivity index is 0.000000266. The topological polar surface area (TPSA) is 13.0 Å². The average molecular weight is 381 g/mol. The number of nitrogens with zero attached hydrogens (tertiary/aromatic N) is 4. The predicted octanol–water partition coefficient (Wildman–Crippen LogP) is 1.25. The Morgan fingerprint density at radius 1 is 0.538 bits per heavy atom. The first-order valence-corrected chi connectivity index (χ1v) is 7.65. The first kappa shape index (κ1) is 12.4. The third kappa shape index (κ3) is 2.64. The van der Waals surface area contributed by atoms with Crippen LogP contribution in [0, 0.1) is 0 Å². The van der Waals surface area contributed by atoms with Crippen LogP contribution in [0.2, 0.25) is 0 Å². The largest absolute Gasteiger partial charge is 0.264 e. The molecular formula is C6H13Br3N4.